The minimum atomic E-state index is -3.11. The van der Waals surface area contributed by atoms with Crippen molar-refractivity contribution >= 4 is 32.6 Å². The highest BCUT2D eigenvalue weighted by Gasteiger charge is 2.29. The van der Waals surface area contributed by atoms with Gasteiger partial charge in [0.25, 0.3) is 5.91 Å². The molecule has 1 atom stereocenters. The minimum absolute atomic E-state index is 0.0577. The topological polar surface area (TPSA) is 102 Å². The Balaban J connectivity index is 1.57. The van der Waals surface area contributed by atoms with E-state index in [1.165, 1.54) is 0 Å². The molecule has 1 N–H and O–H groups in total. The number of benzene rings is 2. The third-order valence-corrected chi connectivity index (χ3v) is 7.09. The molecule has 1 saturated heterocycles. The molecule has 1 fully saturated rings. The van der Waals surface area contributed by atoms with E-state index in [9.17, 15) is 18.0 Å². The van der Waals surface area contributed by atoms with Crippen molar-refractivity contribution in [1.82, 2.24) is 10.3 Å². The summed E-state index contributed by atoms with van der Waals surface area (Å²) in [6, 6.07) is 16.4. The quantitative estimate of drug-likeness (QED) is 0.615. The Morgan fingerprint density at radius 3 is 2.52 bits per heavy atom. The van der Waals surface area contributed by atoms with Gasteiger partial charge < -0.3 is 10.1 Å². The van der Waals surface area contributed by atoms with Gasteiger partial charge in [-0.2, -0.15) is 0 Å². The molecule has 8 heteroatoms. The number of carbonyl (C=O) groups excluding carboxylic acids is 2. The molecule has 1 aliphatic heterocycles. The van der Waals surface area contributed by atoms with Crippen LogP contribution in [0.2, 0.25) is 0 Å². The molecule has 3 aromatic rings. The van der Waals surface area contributed by atoms with Crippen LogP contribution in [0, 0.1) is 6.92 Å². The lowest BCUT2D eigenvalue weighted by Crippen LogP contribution is -2.38. The number of amides is 1. The Bertz CT molecular complexity index is 1260. The molecule has 0 spiro atoms. The van der Waals surface area contributed by atoms with Gasteiger partial charge in [-0.25, -0.2) is 18.2 Å². The van der Waals surface area contributed by atoms with Crippen LogP contribution in [0.15, 0.2) is 54.6 Å². The van der Waals surface area contributed by atoms with Gasteiger partial charge in [0.05, 0.1) is 28.3 Å². The van der Waals surface area contributed by atoms with Crippen molar-refractivity contribution in [2.45, 2.75) is 19.4 Å². The number of pyridine rings is 1. The van der Waals surface area contributed by atoms with Crippen molar-refractivity contribution in [3.63, 3.8) is 0 Å². The van der Waals surface area contributed by atoms with E-state index < -0.39 is 34.4 Å². The summed E-state index contributed by atoms with van der Waals surface area (Å²) in [5, 5.41) is 3.27. The Morgan fingerprint density at radius 1 is 1.10 bits per heavy atom. The molecule has 31 heavy (non-hydrogen) atoms. The van der Waals surface area contributed by atoms with Crippen LogP contribution in [0.5, 0.6) is 0 Å². The number of para-hydroxylation sites is 1. The number of nitrogens with zero attached hydrogens (tertiary/aromatic N) is 1. The second-order valence-corrected chi connectivity index (χ2v) is 9.82. The second-order valence-electron chi connectivity index (χ2n) is 7.59. The average molecular weight is 439 g/mol. The first-order valence-electron chi connectivity index (χ1n) is 9.96. The zero-order valence-electron chi connectivity index (χ0n) is 17.0. The van der Waals surface area contributed by atoms with Gasteiger partial charge >= 0.3 is 5.97 Å². The predicted octanol–water partition coefficient (Wildman–Crippen LogP) is 2.67. The first-order chi connectivity index (χ1) is 14.8. The van der Waals surface area contributed by atoms with Gasteiger partial charge in [0.15, 0.2) is 16.4 Å². The highest BCUT2D eigenvalue weighted by molar-refractivity contribution is 7.91. The summed E-state index contributed by atoms with van der Waals surface area (Å²) in [5.41, 5.74) is 3.23. The van der Waals surface area contributed by atoms with Gasteiger partial charge in [-0.3, -0.25) is 4.79 Å². The highest BCUT2D eigenvalue weighted by Crippen LogP contribution is 2.30. The maximum absolute atomic E-state index is 13.0. The second kappa shape index (κ2) is 8.47. The highest BCUT2D eigenvalue weighted by atomic mass is 32.2. The molecule has 2 aromatic carbocycles. The lowest BCUT2D eigenvalue weighted by atomic mass is 9.98. The van der Waals surface area contributed by atoms with Crippen molar-refractivity contribution in [3.8, 4) is 11.3 Å². The summed E-state index contributed by atoms with van der Waals surface area (Å²) < 4.78 is 28.4. The third-order valence-electron chi connectivity index (χ3n) is 5.32. The summed E-state index contributed by atoms with van der Waals surface area (Å²) in [6.45, 7) is 1.33. The molecule has 1 amide bonds. The van der Waals surface area contributed by atoms with Crippen LogP contribution in [-0.2, 0) is 19.4 Å². The Morgan fingerprint density at radius 2 is 1.81 bits per heavy atom. The molecule has 1 aromatic heterocycles. The molecular weight excluding hydrogens is 416 g/mol. The fourth-order valence-electron chi connectivity index (χ4n) is 3.83. The standard InChI is InChI=1S/C23H22N2O5S/c1-15-21(23(27)30-13-20(26)24-17-11-12-31(28,29)14-17)18-9-5-6-10-19(18)25-22(15)16-7-3-2-4-8-16/h2-10,17H,11-14H2,1H3,(H,24,26)/t17-/m1/s1. The summed E-state index contributed by atoms with van der Waals surface area (Å²) in [6.07, 6.45) is 0.372. The van der Waals surface area contributed by atoms with Crippen LogP contribution in [0.4, 0.5) is 0 Å². The van der Waals surface area contributed by atoms with Gasteiger partial charge in [-0.05, 0) is 25.0 Å². The number of carbonyl (C=O) groups is 2. The molecule has 0 unspecified atom stereocenters. The molecule has 2 heterocycles. The molecule has 0 aliphatic carbocycles. The zero-order valence-corrected chi connectivity index (χ0v) is 17.8. The number of fused-ring (bicyclic) bond motifs is 1. The number of esters is 1. The minimum Gasteiger partial charge on any atom is -0.452 e. The van der Waals surface area contributed by atoms with Crippen molar-refractivity contribution in [3.05, 3.63) is 65.7 Å². The summed E-state index contributed by atoms with van der Waals surface area (Å²) in [5.74, 6) is -1.17. The molecule has 0 saturated carbocycles. The number of nitrogens with one attached hydrogen (secondary N) is 1. The van der Waals surface area contributed by atoms with Crippen LogP contribution in [0.1, 0.15) is 22.3 Å². The van der Waals surface area contributed by atoms with Crippen LogP contribution in [0.3, 0.4) is 0 Å². The van der Waals surface area contributed by atoms with E-state index in [0.29, 0.717) is 34.1 Å². The molecule has 0 bridgehead atoms. The third kappa shape index (κ3) is 4.59. The Labute approximate surface area is 180 Å². The normalized spacial score (nSPS) is 17.4. The van der Waals surface area contributed by atoms with E-state index in [1.54, 1.807) is 6.07 Å². The van der Waals surface area contributed by atoms with Gasteiger partial charge in [0.1, 0.15) is 0 Å². The van der Waals surface area contributed by atoms with Crippen molar-refractivity contribution < 1.29 is 22.7 Å². The van der Waals surface area contributed by atoms with Gasteiger partial charge in [-0.1, -0.05) is 48.5 Å². The van der Waals surface area contributed by atoms with Gasteiger partial charge in [0.2, 0.25) is 0 Å². The molecule has 1 aliphatic rings. The van der Waals surface area contributed by atoms with Crippen molar-refractivity contribution in [1.29, 1.82) is 0 Å². The van der Waals surface area contributed by atoms with E-state index in [0.717, 1.165) is 5.56 Å². The van der Waals surface area contributed by atoms with E-state index in [2.05, 4.69) is 5.32 Å². The fourth-order valence-corrected chi connectivity index (χ4v) is 5.50. The zero-order chi connectivity index (χ0) is 22.0. The number of rotatable bonds is 5. The summed E-state index contributed by atoms with van der Waals surface area (Å²) in [4.78, 5) is 29.9. The van der Waals surface area contributed by atoms with E-state index in [-0.39, 0.29) is 11.5 Å². The summed E-state index contributed by atoms with van der Waals surface area (Å²) >= 11 is 0. The average Bonchev–Trinajstić information content (AvgIpc) is 3.10. The first kappa shape index (κ1) is 21.0. The molecular formula is C23H22N2O5S. The van der Waals surface area contributed by atoms with Crippen LogP contribution < -0.4 is 5.32 Å². The van der Waals surface area contributed by atoms with E-state index in [1.807, 2.05) is 55.5 Å². The predicted molar refractivity (Wildman–Crippen MR) is 117 cm³/mol. The fraction of sp³-hybridized carbons (Fsp3) is 0.261. The van der Waals surface area contributed by atoms with Gasteiger partial charge in [-0.15, -0.1) is 0 Å². The van der Waals surface area contributed by atoms with Crippen LogP contribution in [-0.4, -0.2) is 49.4 Å². The molecule has 4 rings (SSSR count). The molecule has 0 radical (unpaired) electrons. The first-order valence-corrected chi connectivity index (χ1v) is 11.8. The van der Waals surface area contributed by atoms with E-state index in [4.69, 9.17) is 9.72 Å². The number of sulfone groups is 1. The van der Waals surface area contributed by atoms with Crippen LogP contribution in [0.25, 0.3) is 22.2 Å². The maximum Gasteiger partial charge on any atom is 0.339 e. The smallest absolute Gasteiger partial charge is 0.339 e. The Kier molecular flexibility index (Phi) is 5.73. The lowest BCUT2D eigenvalue weighted by molar-refractivity contribution is -0.124. The van der Waals surface area contributed by atoms with E-state index >= 15 is 0 Å². The van der Waals surface area contributed by atoms with Crippen molar-refractivity contribution in [2.24, 2.45) is 0 Å². The SMILES string of the molecule is Cc1c(-c2ccccc2)nc2ccccc2c1C(=O)OCC(=O)N[C@@H]1CCS(=O)(=O)C1. The Hall–Kier alpha value is -3.26. The number of ether oxygens (including phenoxy) is 1. The van der Waals surface area contributed by atoms with Crippen molar-refractivity contribution in [2.75, 3.05) is 18.1 Å². The number of hydrogen-bond acceptors (Lipinski definition) is 6. The van der Waals surface area contributed by atoms with Crippen LogP contribution >= 0.6 is 0 Å². The molecule has 7 nitrogen and oxygen atoms in total. The monoisotopic (exact) mass is 438 g/mol. The lowest BCUT2D eigenvalue weighted by Gasteiger charge is -2.15. The summed E-state index contributed by atoms with van der Waals surface area (Å²) in [7, 11) is -3.11. The number of aromatic nitrogens is 1. The molecule has 160 valence electrons. The number of hydrogen-bond donors (Lipinski definition) is 1. The van der Waals surface area contributed by atoms with Gasteiger partial charge in [0, 0.05) is 17.0 Å². The maximum atomic E-state index is 13.0. The largest absolute Gasteiger partial charge is 0.452 e.